The number of benzene rings is 4. The second-order valence-electron chi connectivity index (χ2n) is 8.83. The molecule has 0 radical (unpaired) electrons. The van der Waals surface area contributed by atoms with Crippen LogP contribution in [0.3, 0.4) is 0 Å². The number of guanidine groups is 1. The summed E-state index contributed by atoms with van der Waals surface area (Å²) in [6.45, 7) is 0. The average Bonchev–Trinajstić information content (AvgIpc) is 2.96. The number of anilines is 1. The summed E-state index contributed by atoms with van der Waals surface area (Å²) in [6, 6.07) is 24.8. The largest absolute Gasteiger partial charge is 0.496 e. The quantitative estimate of drug-likeness (QED) is 0.317. The van der Waals surface area contributed by atoms with Crippen molar-refractivity contribution in [2.45, 2.75) is 5.66 Å². The van der Waals surface area contributed by atoms with Crippen LogP contribution in [0.2, 0.25) is 0 Å². The van der Waals surface area contributed by atoms with Gasteiger partial charge in [0.25, 0.3) is 0 Å². The number of carboxylic acids is 1. The lowest BCUT2D eigenvalue weighted by molar-refractivity contribution is 0.0697. The number of hydrogen-bond acceptors (Lipinski definition) is 8. The zero-order valence-corrected chi connectivity index (χ0v) is 21.7. The molecule has 1 atom stereocenters. The van der Waals surface area contributed by atoms with Crippen LogP contribution in [-0.2, 0) is 5.66 Å². The van der Waals surface area contributed by atoms with E-state index in [1.54, 1.807) is 49.5 Å². The van der Waals surface area contributed by atoms with Gasteiger partial charge in [0.2, 0.25) is 5.96 Å². The molecule has 0 aliphatic carbocycles. The van der Waals surface area contributed by atoms with Crippen LogP contribution in [0, 0.1) is 0 Å². The zero-order valence-electron chi connectivity index (χ0n) is 21.7. The number of carboxylic acid groups (broad SMARTS) is 1. The molecule has 4 aromatic rings. The highest BCUT2D eigenvalue weighted by Crippen LogP contribution is 2.52. The van der Waals surface area contributed by atoms with Crippen LogP contribution in [0.25, 0.3) is 11.1 Å². The smallest absolute Gasteiger partial charge is 0.336 e. The van der Waals surface area contributed by atoms with Crippen molar-refractivity contribution in [1.82, 2.24) is 0 Å². The topological polar surface area (TPSA) is 133 Å². The molecule has 9 heteroatoms. The summed E-state index contributed by atoms with van der Waals surface area (Å²) in [5.74, 6) is 0.411. The Labute approximate surface area is 225 Å². The molecule has 39 heavy (non-hydrogen) atoms. The SMILES string of the molecule is COc1ccccc1-c1c(C(=O)O)ccc2c1C(N)(c1ccccc1OC)N(c1ccccc1OC)C(N)=N2. The number of hydrogen-bond donors (Lipinski definition) is 3. The summed E-state index contributed by atoms with van der Waals surface area (Å²) in [4.78, 5) is 19.0. The minimum atomic E-state index is -1.61. The van der Waals surface area contributed by atoms with E-state index < -0.39 is 11.6 Å². The summed E-state index contributed by atoms with van der Waals surface area (Å²) in [5.41, 5.74) is 15.4. The van der Waals surface area contributed by atoms with Gasteiger partial charge in [-0.1, -0.05) is 48.5 Å². The van der Waals surface area contributed by atoms with Crippen LogP contribution in [0.4, 0.5) is 11.4 Å². The Morgan fingerprint density at radius 3 is 2.08 bits per heavy atom. The number of para-hydroxylation sites is 4. The molecule has 0 bridgehead atoms. The number of ether oxygens (including phenoxy) is 3. The molecule has 1 heterocycles. The van der Waals surface area contributed by atoms with E-state index in [0.717, 1.165) is 0 Å². The van der Waals surface area contributed by atoms with Gasteiger partial charge in [-0.15, -0.1) is 0 Å². The van der Waals surface area contributed by atoms with Crippen molar-refractivity contribution in [3.8, 4) is 28.4 Å². The van der Waals surface area contributed by atoms with E-state index in [4.69, 9.17) is 30.7 Å². The van der Waals surface area contributed by atoms with E-state index in [1.807, 2.05) is 48.5 Å². The Kier molecular flexibility index (Phi) is 6.59. The van der Waals surface area contributed by atoms with Crippen LogP contribution < -0.4 is 30.6 Å². The fourth-order valence-electron chi connectivity index (χ4n) is 5.19. The van der Waals surface area contributed by atoms with Gasteiger partial charge in [0, 0.05) is 22.3 Å². The standard InChI is InChI=1S/C30H28N4O5/c1-37-23-13-7-4-10-18(23)26-19(28(35)36)16-17-21-27(26)30(32,20-11-5-8-14-24(20)38-2)34(29(31)33-21)22-12-6-9-15-25(22)39-3/h4-17H,32H2,1-3H3,(H2,31,33)(H,35,36). The number of methoxy groups -OCH3 is 3. The fourth-order valence-corrected chi connectivity index (χ4v) is 5.19. The van der Waals surface area contributed by atoms with Gasteiger partial charge in [-0.2, -0.15) is 0 Å². The minimum absolute atomic E-state index is 0.0265. The second-order valence-corrected chi connectivity index (χ2v) is 8.83. The summed E-state index contributed by atoms with van der Waals surface area (Å²) in [5, 5.41) is 10.4. The fraction of sp³-hybridized carbons (Fsp3) is 0.133. The van der Waals surface area contributed by atoms with Crippen molar-refractivity contribution >= 4 is 23.3 Å². The maximum absolute atomic E-state index is 12.7. The number of carbonyl (C=O) groups is 1. The van der Waals surface area contributed by atoms with Crippen molar-refractivity contribution < 1.29 is 24.1 Å². The number of aromatic carboxylic acids is 1. The van der Waals surface area contributed by atoms with Gasteiger partial charge < -0.3 is 30.8 Å². The molecule has 9 nitrogen and oxygen atoms in total. The second kappa shape index (κ2) is 10.0. The van der Waals surface area contributed by atoms with Crippen LogP contribution in [0.5, 0.6) is 17.2 Å². The maximum atomic E-state index is 12.7. The van der Waals surface area contributed by atoms with Gasteiger partial charge in [-0.25, -0.2) is 9.79 Å². The maximum Gasteiger partial charge on any atom is 0.336 e. The van der Waals surface area contributed by atoms with Gasteiger partial charge in [-0.05, 0) is 36.4 Å². The first-order valence-corrected chi connectivity index (χ1v) is 12.1. The highest BCUT2D eigenvalue weighted by atomic mass is 16.5. The lowest BCUT2D eigenvalue weighted by Crippen LogP contribution is -2.61. The molecule has 0 fully saturated rings. The lowest BCUT2D eigenvalue weighted by atomic mass is 9.80. The van der Waals surface area contributed by atoms with Crippen LogP contribution >= 0.6 is 0 Å². The van der Waals surface area contributed by atoms with Crippen molar-refractivity contribution in [3.05, 3.63) is 102 Å². The van der Waals surface area contributed by atoms with Crippen LogP contribution in [0.15, 0.2) is 89.9 Å². The molecule has 0 aromatic heterocycles. The molecule has 5 rings (SSSR count). The van der Waals surface area contributed by atoms with Gasteiger partial charge in [0.1, 0.15) is 17.2 Å². The van der Waals surface area contributed by atoms with Gasteiger partial charge in [0.05, 0.1) is 38.3 Å². The van der Waals surface area contributed by atoms with E-state index in [0.29, 0.717) is 50.9 Å². The molecule has 1 unspecified atom stereocenters. The number of nitrogens with zero attached hydrogens (tertiary/aromatic N) is 2. The van der Waals surface area contributed by atoms with Crippen LogP contribution in [-0.4, -0.2) is 38.4 Å². The third-order valence-corrected chi connectivity index (χ3v) is 6.83. The monoisotopic (exact) mass is 524 g/mol. The molecule has 0 saturated heterocycles. The molecular formula is C30H28N4O5. The van der Waals surface area contributed by atoms with E-state index in [9.17, 15) is 9.90 Å². The molecule has 1 aliphatic rings. The molecule has 4 aromatic carbocycles. The van der Waals surface area contributed by atoms with Crippen molar-refractivity contribution in [1.29, 1.82) is 0 Å². The molecule has 0 amide bonds. The zero-order chi connectivity index (χ0) is 27.7. The Balaban J connectivity index is 2.00. The first kappa shape index (κ1) is 25.6. The van der Waals surface area contributed by atoms with Crippen molar-refractivity contribution in [3.63, 3.8) is 0 Å². The highest BCUT2D eigenvalue weighted by molar-refractivity contribution is 6.06. The van der Waals surface area contributed by atoms with Gasteiger partial charge in [-0.3, -0.25) is 4.90 Å². The Morgan fingerprint density at radius 1 is 0.821 bits per heavy atom. The molecule has 0 saturated carbocycles. The van der Waals surface area contributed by atoms with Crippen LogP contribution in [0.1, 0.15) is 21.5 Å². The first-order chi connectivity index (χ1) is 18.9. The molecule has 0 spiro atoms. The molecular weight excluding hydrogens is 496 g/mol. The molecule has 198 valence electrons. The molecule has 1 aliphatic heterocycles. The summed E-state index contributed by atoms with van der Waals surface area (Å²) >= 11 is 0. The number of nitrogens with two attached hydrogens (primary N) is 2. The Morgan fingerprint density at radius 2 is 1.41 bits per heavy atom. The number of fused-ring (bicyclic) bond motifs is 1. The Hall–Kier alpha value is -5.02. The van der Waals surface area contributed by atoms with E-state index in [1.165, 1.54) is 13.2 Å². The average molecular weight is 525 g/mol. The highest BCUT2D eigenvalue weighted by Gasteiger charge is 2.48. The third kappa shape index (κ3) is 4.00. The predicted octanol–water partition coefficient (Wildman–Crippen LogP) is 4.70. The van der Waals surface area contributed by atoms with E-state index >= 15 is 0 Å². The van der Waals surface area contributed by atoms with Crippen molar-refractivity contribution in [2.24, 2.45) is 16.5 Å². The Bertz CT molecular complexity index is 1600. The summed E-state index contributed by atoms with van der Waals surface area (Å²) in [7, 11) is 4.63. The van der Waals surface area contributed by atoms with E-state index in [2.05, 4.69) is 0 Å². The summed E-state index contributed by atoms with van der Waals surface area (Å²) in [6.07, 6.45) is 0. The minimum Gasteiger partial charge on any atom is -0.496 e. The lowest BCUT2D eigenvalue weighted by Gasteiger charge is -2.46. The normalized spacial score (nSPS) is 16.2. The van der Waals surface area contributed by atoms with Gasteiger partial charge >= 0.3 is 5.97 Å². The predicted molar refractivity (Wildman–Crippen MR) is 150 cm³/mol. The number of rotatable bonds is 7. The first-order valence-electron chi connectivity index (χ1n) is 12.1. The van der Waals surface area contributed by atoms with Crippen molar-refractivity contribution in [2.75, 3.05) is 26.2 Å². The van der Waals surface area contributed by atoms with Gasteiger partial charge in [0.15, 0.2) is 5.66 Å². The summed E-state index contributed by atoms with van der Waals surface area (Å²) < 4.78 is 17.1. The third-order valence-electron chi connectivity index (χ3n) is 6.83. The van der Waals surface area contributed by atoms with E-state index in [-0.39, 0.29) is 11.5 Å². The molecule has 5 N–H and O–H groups in total. The number of aliphatic imine (C=N–C) groups is 1.